The highest BCUT2D eigenvalue weighted by molar-refractivity contribution is 6.38. The summed E-state index contributed by atoms with van der Waals surface area (Å²) in [5.41, 5.74) is 0. The minimum atomic E-state index is -1.34. The molecule has 0 aromatic carbocycles. The first-order valence-corrected chi connectivity index (χ1v) is 9.45. The number of hydrogen-bond donors (Lipinski definition) is 5. The van der Waals surface area contributed by atoms with Crippen LogP contribution in [0.5, 0.6) is 0 Å². The summed E-state index contributed by atoms with van der Waals surface area (Å²) in [6.07, 6.45) is -0.181. The Balaban J connectivity index is 2.89. The molecule has 0 aromatic heterocycles. The van der Waals surface area contributed by atoms with Crippen molar-refractivity contribution in [1.82, 2.24) is 21.3 Å². The van der Waals surface area contributed by atoms with E-state index in [9.17, 15) is 24.0 Å². The number of rotatable bonds is 8. The van der Waals surface area contributed by atoms with Crippen LogP contribution in [0.25, 0.3) is 0 Å². The summed E-state index contributed by atoms with van der Waals surface area (Å²) in [4.78, 5) is 59.9. The Hall–Kier alpha value is -2.65. The van der Waals surface area contributed by atoms with Crippen LogP contribution in [-0.2, 0) is 19.2 Å². The molecule has 10 nitrogen and oxygen atoms in total. The van der Waals surface area contributed by atoms with Crippen LogP contribution < -0.4 is 21.3 Å². The van der Waals surface area contributed by atoms with Gasteiger partial charge in [-0.1, -0.05) is 27.7 Å². The zero-order valence-corrected chi connectivity index (χ0v) is 16.7. The van der Waals surface area contributed by atoms with Crippen molar-refractivity contribution in [3.05, 3.63) is 0 Å². The maximum atomic E-state index is 12.7. The number of nitrogens with one attached hydrogen (secondary N) is 4. The van der Waals surface area contributed by atoms with Crippen LogP contribution in [0.3, 0.4) is 0 Å². The lowest BCUT2D eigenvalue weighted by molar-refractivity contribution is -0.140. The van der Waals surface area contributed by atoms with Gasteiger partial charge in [-0.25, -0.2) is 4.79 Å². The standard InChI is InChI=1S/C18H30N4O6/c1-9(2)8-12(21-16(25)13(10(3)4)22-18(27)28)15(24)20-11-6-5-7-19-17(26)14(11)23/h9-13,22H,5-8H2,1-4H3,(H,19,26)(H,20,24)(H,21,25)(H,27,28). The van der Waals surface area contributed by atoms with Gasteiger partial charge in [0.05, 0.1) is 6.04 Å². The van der Waals surface area contributed by atoms with E-state index in [0.29, 0.717) is 25.8 Å². The van der Waals surface area contributed by atoms with Crippen LogP contribution in [0, 0.1) is 11.8 Å². The molecular formula is C18H30N4O6. The molecule has 3 unspecified atom stereocenters. The largest absolute Gasteiger partial charge is 0.465 e. The molecule has 4 amide bonds. The van der Waals surface area contributed by atoms with E-state index in [1.807, 2.05) is 13.8 Å². The molecule has 0 saturated carbocycles. The highest BCUT2D eigenvalue weighted by Crippen LogP contribution is 2.10. The molecule has 3 atom stereocenters. The zero-order valence-electron chi connectivity index (χ0n) is 16.7. The third-order valence-electron chi connectivity index (χ3n) is 4.38. The summed E-state index contributed by atoms with van der Waals surface area (Å²) >= 11 is 0. The number of ketones is 1. The quantitative estimate of drug-likeness (QED) is 0.356. The summed E-state index contributed by atoms with van der Waals surface area (Å²) in [5, 5.41) is 18.7. The third-order valence-corrected chi connectivity index (χ3v) is 4.38. The van der Waals surface area contributed by atoms with Gasteiger partial charge in [0.2, 0.25) is 17.6 Å². The Morgan fingerprint density at radius 2 is 1.75 bits per heavy atom. The summed E-state index contributed by atoms with van der Waals surface area (Å²) < 4.78 is 0. The maximum Gasteiger partial charge on any atom is 0.405 e. The van der Waals surface area contributed by atoms with Crippen LogP contribution in [0.15, 0.2) is 0 Å². The van der Waals surface area contributed by atoms with Crippen molar-refractivity contribution in [2.24, 2.45) is 11.8 Å². The predicted molar refractivity (Wildman–Crippen MR) is 100 cm³/mol. The highest BCUT2D eigenvalue weighted by atomic mass is 16.4. The topological polar surface area (TPSA) is 154 Å². The van der Waals surface area contributed by atoms with Crippen molar-refractivity contribution in [2.45, 2.75) is 65.1 Å². The molecule has 1 heterocycles. The van der Waals surface area contributed by atoms with Gasteiger partial charge < -0.3 is 26.4 Å². The van der Waals surface area contributed by atoms with Gasteiger partial charge in [-0.05, 0) is 31.1 Å². The van der Waals surface area contributed by atoms with Crippen molar-refractivity contribution in [2.75, 3.05) is 6.54 Å². The Labute approximate surface area is 164 Å². The molecule has 158 valence electrons. The SMILES string of the molecule is CC(C)CC(NC(=O)C(NC(=O)O)C(C)C)C(=O)NC1CCCNC(=O)C1=O. The van der Waals surface area contributed by atoms with Gasteiger partial charge >= 0.3 is 6.09 Å². The van der Waals surface area contributed by atoms with Gasteiger partial charge in [0, 0.05) is 6.54 Å². The van der Waals surface area contributed by atoms with E-state index in [-0.39, 0.29) is 11.8 Å². The van der Waals surface area contributed by atoms with E-state index < -0.39 is 47.7 Å². The second-order valence-electron chi connectivity index (χ2n) is 7.69. The van der Waals surface area contributed by atoms with Crippen LogP contribution in [-0.4, -0.2) is 59.4 Å². The molecule has 1 saturated heterocycles. The average molecular weight is 398 g/mol. The van der Waals surface area contributed by atoms with Crippen molar-refractivity contribution < 1.29 is 29.1 Å². The molecule has 0 aromatic rings. The first kappa shape index (κ1) is 23.4. The molecule has 5 N–H and O–H groups in total. The first-order chi connectivity index (χ1) is 13.0. The molecule has 1 fully saturated rings. The number of carbonyl (C=O) groups is 5. The van der Waals surface area contributed by atoms with Gasteiger partial charge in [-0.2, -0.15) is 0 Å². The molecule has 0 bridgehead atoms. The van der Waals surface area contributed by atoms with Crippen molar-refractivity contribution in [3.8, 4) is 0 Å². The molecule has 0 spiro atoms. The van der Waals surface area contributed by atoms with E-state index in [0.717, 1.165) is 0 Å². The summed E-state index contributed by atoms with van der Waals surface area (Å²) in [5.74, 6) is -2.93. The normalized spacial score (nSPS) is 19.4. The number of carboxylic acid groups (broad SMARTS) is 1. The van der Waals surface area contributed by atoms with Crippen LogP contribution in [0.4, 0.5) is 4.79 Å². The smallest absolute Gasteiger partial charge is 0.405 e. The number of Topliss-reactive ketones (excluding diaryl/α,β-unsaturated/α-hetero) is 1. The van der Waals surface area contributed by atoms with Gasteiger partial charge in [0.1, 0.15) is 12.1 Å². The fraction of sp³-hybridized carbons (Fsp3) is 0.722. The lowest BCUT2D eigenvalue weighted by Crippen LogP contribution is -2.57. The van der Waals surface area contributed by atoms with Gasteiger partial charge in [0.25, 0.3) is 5.91 Å². The molecule has 1 rings (SSSR count). The van der Waals surface area contributed by atoms with Crippen molar-refractivity contribution in [3.63, 3.8) is 0 Å². The second-order valence-corrected chi connectivity index (χ2v) is 7.69. The van der Waals surface area contributed by atoms with Crippen molar-refractivity contribution >= 4 is 29.6 Å². The van der Waals surface area contributed by atoms with E-state index in [4.69, 9.17) is 5.11 Å². The Bertz CT molecular complexity index is 619. The van der Waals surface area contributed by atoms with E-state index >= 15 is 0 Å². The summed E-state index contributed by atoms with van der Waals surface area (Å²) in [7, 11) is 0. The maximum absolute atomic E-state index is 12.7. The lowest BCUT2D eigenvalue weighted by Gasteiger charge is -2.26. The predicted octanol–water partition coefficient (Wildman–Crippen LogP) is -0.227. The zero-order chi connectivity index (χ0) is 21.4. The Kier molecular flexibility index (Phi) is 8.87. The minimum absolute atomic E-state index is 0.0501. The Morgan fingerprint density at radius 1 is 1.11 bits per heavy atom. The van der Waals surface area contributed by atoms with E-state index in [1.165, 1.54) is 0 Å². The molecule has 1 aliphatic heterocycles. The number of carbonyl (C=O) groups excluding carboxylic acids is 4. The van der Waals surface area contributed by atoms with Gasteiger partial charge in [-0.3, -0.25) is 19.2 Å². The highest BCUT2D eigenvalue weighted by Gasteiger charge is 2.33. The van der Waals surface area contributed by atoms with Crippen LogP contribution >= 0.6 is 0 Å². The molecule has 0 aliphatic carbocycles. The van der Waals surface area contributed by atoms with Crippen LogP contribution in [0.2, 0.25) is 0 Å². The fourth-order valence-electron chi connectivity index (χ4n) is 2.93. The molecule has 1 aliphatic rings. The molecule has 0 radical (unpaired) electrons. The van der Waals surface area contributed by atoms with Crippen molar-refractivity contribution in [1.29, 1.82) is 0 Å². The van der Waals surface area contributed by atoms with Crippen LogP contribution in [0.1, 0.15) is 47.0 Å². The fourth-order valence-corrected chi connectivity index (χ4v) is 2.93. The molecule has 10 heteroatoms. The first-order valence-electron chi connectivity index (χ1n) is 9.45. The monoisotopic (exact) mass is 398 g/mol. The van der Waals surface area contributed by atoms with Gasteiger partial charge in [0.15, 0.2) is 0 Å². The van der Waals surface area contributed by atoms with Gasteiger partial charge in [-0.15, -0.1) is 0 Å². The number of hydrogen-bond acceptors (Lipinski definition) is 5. The summed E-state index contributed by atoms with van der Waals surface area (Å²) in [6, 6.07) is -2.92. The van der Waals surface area contributed by atoms with E-state index in [2.05, 4.69) is 21.3 Å². The second kappa shape index (κ2) is 10.6. The third kappa shape index (κ3) is 7.16. The molecule has 28 heavy (non-hydrogen) atoms. The van der Waals surface area contributed by atoms with E-state index in [1.54, 1.807) is 13.8 Å². The summed E-state index contributed by atoms with van der Waals surface area (Å²) in [6.45, 7) is 7.46. The number of amides is 4. The minimum Gasteiger partial charge on any atom is -0.465 e. The lowest BCUT2D eigenvalue weighted by atomic mass is 9.99. The Morgan fingerprint density at radius 3 is 2.29 bits per heavy atom. The molecular weight excluding hydrogens is 368 g/mol. The average Bonchev–Trinajstić information content (AvgIpc) is 2.73.